The van der Waals surface area contributed by atoms with Crippen LogP contribution >= 0.6 is 11.6 Å². The van der Waals surface area contributed by atoms with Crippen LogP contribution in [-0.2, 0) is 10.1 Å². The number of halogens is 1. The van der Waals surface area contributed by atoms with Crippen LogP contribution in [-0.4, -0.2) is 22.5 Å². The maximum Gasteiger partial charge on any atom is 0.328 e. The van der Waals surface area contributed by atoms with Crippen molar-refractivity contribution < 1.29 is 13.0 Å². The van der Waals surface area contributed by atoms with Crippen LogP contribution in [0.15, 0.2) is 23.4 Å². The predicted octanol–water partition coefficient (Wildman–Crippen LogP) is 2.52. The molecule has 1 heterocycles. The Bertz CT molecular complexity index is 676. The van der Waals surface area contributed by atoms with E-state index in [4.69, 9.17) is 16.2 Å². The van der Waals surface area contributed by atoms with E-state index in [9.17, 15) is 8.42 Å². The first-order valence-corrected chi connectivity index (χ1v) is 6.77. The summed E-state index contributed by atoms with van der Waals surface area (Å²) in [4.78, 5) is 3.91. The molecule has 1 aromatic carbocycles. The van der Waals surface area contributed by atoms with Crippen LogP contribution in [0, 0.1) is 0 Å². The average molecular weight is 275 g/mol. The average Bonchev–Trinajstić information content (AvgIpc) is 2.55. The zero-order valence-electron chi connectivity index (χ0n) is 9.25. The summed E-state index contributed by atoms with van der Waals surface area (Å²) < 4.78 is 33.1. The monoisotopic (exact) mass is 274 g/mol. The molecule has 0 fully saturated rings. The van der Waals surface area contributed by atoms with Gasteiger partial charge in [0.05, 0.1) is 11.0 Å². The Hall–Kier alpha value is -1.11. The van der Waals surface area contributed by atoms with Gasteiger partial charge < -0.3 is 4.57 Å². The molecule has 0 saturated carbocycles. The number of imidazole rings is 1. The fourth-order valence-corrected chi connectivity index (χ4v) is 2.67. The van der Waals surface area contributed by atoms with Gasteiger partial charge in [0.25, 0.3) is 5.16 Å². The van der Waals surface area contributed by atoms with E-state index >= 15 is 0 Å². The smallest absolute Gasteiger partial charge is 0.310 e. The van der Waals surface area contributed by atoms with Gasteiger partial charge in [0, 0.05) is 11.1 Å². The highest BCUT2D eigenvalue weighted by Gasteiger charge is 2.22. The number of nitrogens with zero attached hydrogens (tertiary/aromatic N) is 2. The Kier molecular flexibility index (Phi) is 2.89. The molecule has 0 aliphatic carbocycles. The van der Waals surface area contributed by atoms with Crippen LogP contribution < -0.4 is 0 Å². The number of rotatable bonds is 2. The van der Waals surface area contributed by atoms with Crippen molar-refractivity contribution in [1.82, 2.24) is 9.55 Å². The molecule has 2 aromatic rings. The van der Waals surface area contributed by atoms with Crippen LogP contribution in [0.3, 0.4) is 0 Å². The lowest BCUT2D eigenvalue weighted by Gasteiger charge is -2.10. The summed E-state index contributed by atoms with van der Waals surface area (Å²) in [6.07, 6.45) is 0. The molecule has 0 unspecified atom stereocenters. The summed E-state index contributed by atoms with van der Waals surface area (Å²) in [7, 11) is -4.34. The first-order chi connectivity index (χ1) is 7.80. The number of hydrogen-bond acceptors (Lipinski definition) is 3. The van der Waals surface area contributed by atoms with E-state index in [0.717, 1.165) is 0 Å². The molecule has 2 rings (SSSR count). The Morgan fingerprint density at radius 3 is 2.59 bits per heavy atom. The molecule has 0 aliphatic rings. The first kappa shape index (κ1) is 12.3. The molecule has 7 heteroatoms. The van der Waals surface area contributed by atoms with Crippen molar-refractivity contribution in [1.29, 1.82) is 0 Å². The van der Waals surface area contributed by atoms with Crippen molar-refractivity contribution in [3.63, 3.8) is 0 Å². The third-order valence-electron chi connectivity index (χ3n) is 2.37. The molecule has 1 aromatic heterocycles. The normalized spacial score (nSPS) is 12.5. The molecule has 0 atom stereocenters. The molecule has 17 heavy (non-hydrogen) atoms. The highest BCUT2D eigenvalue weighted by molar-refractivity contribution is 7.85. The molecular formula is C10H11ClN2O3S. The fraction of sp³-hybridized carbons (Fsp3) is 0.300. The SMILES string of the molecule is CC(C)n1c(S(=O)(=O)O)nc2cc(Cl)ccc21. The minimum absolute atomic E-state index is 0.141. The van der Waals surface area contributed by atoms with Gasteiger partial charge in [-0.15, -0.1) is 0 Å². The molecule has 5 nitrogen and oxygen atoms in total. The zero-order valence-corrected chi connectivity index (χ0v) is 10.8. The van der Waals surface area contributed by atoms with Gasteiger partial charge in [-0.3, -0.25) is 4.55 Å². The second kappa shape index (κ2) is 3.97. The number of hydrogen-bond donors (Lipinski definition) is 1. The van der Waals surface area contributed by atoms with Gasteiger partial charge in [0.2, 0.25) is 0 Å². The topological polar surface area (TPSA) is 72.2 Å². The molecule has 0 saturated heterocycles. The van der Waals surface area contributed by atoms with E-state index < -0.39 is 10.1 Å². The van der Waals surface area contributed by atoms with Gasteiger partial charge in [-0.25, -0.2) is 4.98 Å². The quantitative estimate of drug-likeness (QED) is 0.854. The Morgan fingerprint density at radius 1 is 1.41 bits per heavy atom. The van der Waals surface area contributed by atoms with E-state index in [2.05, 4.69) is 4.98 Å². The van der Waals surface area contributed by atoms with Gasteiger partial charge >= 0.3 is 10.1 Å². The third-order valence-corrected chi connectivity index (χ3v) is 3.35. The molecule has 92 valence electrons. The van der Waals surface area contributed by atoms with Gasteiger partial charge in [-0.1, -0.05) is 11.6 Å². The van der Waals surface area contributed by atoms with Crippen LogP contribution in [0.4, 0.5) is 0 Å². The number of benzene rings is 1. The molecule has 0 spiro atoms. The second-order valence-electron chi connectivity index (χ2n) is 3.97. The highest BCUT2D eigenvalue weighted by Crippen LogP contribution is 2.26. The summed E-state index contributed by atoms with van der Waals surface area (Å²) in [6.45, 7) is 3.62. The molecule has 0 bridgehead atoms. The standard InChI is InChI=1S/C10H11ClN2O3S/c1-6(2)13-9-4-3-7(11)5-8(9)12-10(13)17(14,15)16/h3-6H,1-2H3,(H,14,15,16). The van der Waals surface area contributed by atoms with E-state index in [0.29, 0.717) is 16.1 Å². The van der Waals surface area contributed by atoms with E-state index in [1.165, 1.54) is 4.57 Å². The molecular weight excluding hydrogens is 264 g/mol. The predicted molar refractivity (Wildman–Crippen MR) is 64.9 cm³/mol. The minimum Gasteiger partial charge on any atom is -0.310 e. The summed E-state index contributed by atoms with van der Waals surface area (Å²) >= 11 is 5.81. The summed E-state index contributed by atoms with van der Waals surface area (Å²) in [5, 5.41) is 0.109. The summed E-state index contributed by atoms with van der Waals surface area (Å²) in [5.41, 5.74) is 1.07. The van der Waals surface area contributed by atoms with Gasteiger partial charge in [-0.05, 0) is 32.0 Å². The Morgan fingerprint density at radius 2 is 2.06 bits per heavy atom. The molecule has 0 radical (unpaired) electrons. The lowest BCUT2D eigenvalue weighted by atomic mass is 10.3. The highest BCUT2D eigenvalue weighted by atomic mass is 35.5. The van der Waals surface area contributed by atoms with Crippen molar-refractivity contribution in [3.05, 3.63) is 23.2 Å². The van der Waals surface area contributed by atoms with Gasteiger partial charge in [0.15, 0.2) is 0 Å². The summed E-state index contributed by atoms with van der Waals surface area (Å²) in [6, 6.07) is 4.75. The van der Waals surface area contributed by atoms with Crippen molar-refractivity contribution in [2.24, 2.45) is 0 Å². The van der Waals surface area contributed by atoms with Crippen molar-refractivity contribution in [2.45, 2.75) is 25.0 Å². The van der Waals surface area contributed by atoms with Crippen LogP contribution in [0.1, 0.15) is 19.9 Å². The number of aromatic nitrogens is 2. The molecule has 1 N–H and O–H groups in total. The zero-order chi connectivity index (χ0) is 12.8. The minimum atomic E-state index is -4.34. The Labute approximate surface area is 104 Å². The van der Waals surface area contributed by atoms with Crippen LogP contribution in [0.25, 0.3) is 11.0 Å². The van der Waals surface area contributed by atoms with Crippen molar-refractivity contribution in [3.8, 4) is 0 Å². The van der Waals surface area contributed by atoms with Crippen LogP contribution in [0.2, 0.25) is 5.02 Å². The molecule has 0 aliphatic heterocycles. The second-order valence-corrected chi connectivity index (χ2v) is 5.72. The molecule has 0 amide bonds. The van der Waals surface area contributed by atoms with Gasteiger partial charge in [-0.2, -0.15) is 8.42 Å². The van der Waals surface area contributed by atoms with E-state index in [1.54, 1.807) is 18.2 Å². The lowest BCUT2D eigenvalue weighted by Crippen LogP contribution is -2.11. The fourth-order valence-electron chi connectivity index (χ4n) is 1.73. The summed E-state index contributed by atoms with van der Waals surface area (Å²) in [5.74, 6) is 0. The van der Waals surface area contributed by atoms with E-state index in [1.807, 2.05) is 13.8 Å². The van der Waals surface area contributed by atoms with Crippen LogP contribution in [0.5, 0.6) is 0 Å². The first-order valence-electron chi connectivity index (χ1n) is 4.95. The van der Waals surface area contributed by atoms with Crippen molar-refractivity contribution in [2.75, 3.05) is 0 Å². The Balaban J connectivity index is 2.89. The van der Waals surface area contributed by atoms with E-state index in [-0.39, 0.29) is 11.2 Å². The maximum absolute atomic E-state index is 11.3. The lowest BCUT2D eigenvalue weighted by molar-refractivity contribution is 0.454. The largest absolute Gasteiger partial charge is 0.328 e. The van der Waals surface area contributed by atoms with Gasteiger partial charge in [0.1, 0.15) is 0 Å². The third kappa shape index (κ3) is 2.15. The number of fused-ring (bicyclic) bond motifs is 1. The maximum atomic E-state index is 11.3. The van der Waals surface area contributed by atoms with Crippen molar-refractivity contribution >= 4 is 32.8 Å².